The molecule has 0 saturated carbocycles. The topological polar surface area (TPSA) is 36.3 Å². The Morgan fingerprint density at radius 3 is 2.94 bits per heavy atom. The van der Waals surface area contributed by atoms with E-state index in [4.69, 9.17) is 10.00 Å². The van der Waals surface area contributed by atoms with E-state index >= 15 is 0 Å². The minimum Gasteiger partial charge on any atom is -0.494 e. The molecule has 0 radical (unpaired) electrons. The van der Waals surface area contributed by atoms with Gasteiger partial charge in [-0.1, -0.05) is 13.0 Å². The average molecular weight is 218 g/mol. The molecular weight excluding hydrogens is 200 g/mol. The fourth-order valence-corrected chi connectivity index (χ4v) is 1.34. The van der Waals surface area contributed by atoms with Crippen LogP contribution in [0.3, 0.4) is 0 Å². The molecule has 1 aromatic carbocycles. The smallest absolute Gasteiger partial charge is 0.120 e. The molecule has 86 valence electrons. The summed E-state index contributed by atoms with van der Waals surface area (Å²) >= 11 is 0. The molecule has 0 heterocycles. The molecule has 0 aromatic heterocycles. The van der Waals surface area contributed by atoms with Gasteiger partial charge in [-0.3, -0.25) is 0 Å². The molecule has 0 unspecified atom stereocenters. The Balaban J connectivity index is 2.29. The van der Waals surface area contributed by atoms with Crippen LogP contribution in [0.4, 0.5) is 0 Å². The molecule has 0 amide bonds. The number of ether oxygens (including phenoxy) is 1. The van der Waals surface area contributed by atoms with Crippen LogP contribution in [0, 0.1) is 11.3 Å². The van der Waals surface area contributed by atoms with Crippen molar-refractivity contribution in [1.29, 1.82) is 5.26 Å². The first kappa shape index (κ1) is 12.5. The van der Waals surface area contributed by atoms with Gasteiger partial charge in [-0.15, -0.1) is 0 Å². The SMILES string of the molecule is CCN(C)CCCOc1cccc(C#N)c1. The Labute approximate surface area is 97.3 Å². The minimum absolute atomic E-state index is 0.642. The predicted molar refractivity (Wildman–Crippen MR) is 64.4 cm³/mol. The van der Waals surface area contributed by atoms with Crippen LogP contribution in [0.5, 0.6) is 5.75 Å². The summed E-state index contributed by atoms with van der Waals surface area (Å²) in [5.74, 6) is 0.776. The third-order valence-electron chi connectivity index (χ3n) is 2.46. The van der Waals surface area contributed by atoms with Crippen molar-refractivity contribution in [2.45, 2.75) is 13.3 Å². The summed E-state index contributed by atoms with van der Waals surface area (Å²) in [4.78, 5) is 2.25. The van der Waals surface area contributed by atoms with Gasteiger partial charge in [0.25, 0.3) is 0 Å². The van der Waals surface area contributed by atoms with Crippen molar-refractivity contribution >= 4 is 0 Å². The van der Waals surface area contributed by atoms with Crippen LogP contribution in [-0.2, 0) is 0 Å². The van der Waals surface area contributed by atoms with Gasteiger partial charge in [-0.25, -0.2) is 0 Å². The third-order valence-corrected chi connectivity index (χ3v) is 2.46. The van der Waals surface area contributed by atoms with Gasteiger partial charge in [0.1, 0.15) is 5.75 Å². The zero-order chi connectivity index (χ0) is 11.8. The fourth-order valence-electron chi connectivity index (χ4n) is 1.34. The lowest BCUT2D eigenvalue weighted by Crippen LogP contribution is -2.20. The molecule has 0 N–H and O–H groups in total. The number of benzene rings is 1. The Morgan fingerprint density at radius 1 is 1.44 bits per heavy atom. The molecule has 0 saturated heterocycles. The molecule has 1 rings (SSSR count). The Hall–Kier alpha value is -1.53. The number of nitriles is 1. The van der Waals surface area contributed by atoms with Crippen LogP contribution in [0.25, 0.3) is 0 Å². The Bertz CT molecular complexity index is 357. The fraction of sp³-hybridized carbons (Fsp3) is 0.462. The lowest BCUT2D eigenvalue weighted by Gasteiger charge is -2.13. The molecule has 0 fully saturated rings. The van der Waals surface area contributed by atoms with E-state index in [0.717, 1.165) is 25.3 Å². The van der Waals surface area contributed by atoms with Crippen molar-refractivity contribution in [3.63, 3.8) is 0 Å². The van der Waals surface area contributed by atoms with Crippen molar-refractivity contribution < 1.29 is 4.74 Å². The largest absolute Gasteiger partial charge is 0.494 e. The van der Waals surface area contributed by atoms with Gasteiger partial charge >= 0.3 is 0 Å². The average Bonchev–Trinajstić information content (AvgIpc) is 2.34. The lowest BCUT2D eigenvalue weighted by atomic mass is 10.2. The molecule has 0 atom stereocenters. The molecule has 3 heteroatoms. The highest BCUT2D eigenvalue weighted by Crippen LogP contribution is 2.12. The van der Waals surface area contributed by atoms with Gasteiger partial charge in [-0.05, 0) is 38.2 Å². The standard InChI is InChI=1S/C13H18N2O/c1-3-15(2)8-5-9-16-13-7-4-6-12(10-13)11-14/h4,6-7,10H,3,5,8-9H2,1-2H3. The van der Waals surface area contributed by atoms with E-state index in [9.17, 15) is 0 Å². The summed E-state index contributed by atoms with van der Waals surface area (Å²) in [5.41, 5.74) is 0.642. The van der Waals surface area contributed by atoms with Crippen molar-refractivity contribution in [2.75, 3.05) is 26.7 Å². The monoisotopic (exact) mass is 218 g/mol. The van der Waals surface area contributed by atoms with E-state index in [0.29, 0.717) is 12.2 Å². The molecule has 16 heavy (non-hydrogen) atoms. The normalized spacial score (nSPS) is 10.1. The highest BCUT2D eigenvalue weighted by Gasteiger charge is 1.97. The molecule has 0 bridgehead atoms. The van der Waals surface area contributed by atoms with E-state index < -0.39 is 0 Å². The molecule has 0 spiro atoms. The van der Waals surface area contributed by atoms with Gasteiger partial charge in [0.2, 0.25) is 0 Å². The summed E-state index contributed by atoms with van der Waals surface area (Å²) in [6.07, 6.45) is 1.00. The second kappa shape index (κ2) is 6.86. The van der Waals surface area contributed by atoms with Gasteiger partial charge in [0.05, 0.1) is 18.2 Å². The molecule has 0 aliphatic heterocycles. The molecule has 3 nitrogen and oxygen atoms in total. The van der Waals surface area contributed by atoms with E-state index in [1.165, 1.54) is 0 Å². The van der Waals surface area contributed by atoms with Crippen LogP contribution in [0.15, 0.2) is 24.3 Å². The van der Waals surface area contributed by atoms with Crippen LogP contribution in [0.2, 0.25) is 0 Å². The number of nitrogens with zero attached hydrogens (tertiary/aromatic N) is 2. The first-order chi connectivity index (χ1) is 7.76. The summed E-state index contributed by atoms with van der Waals surface area (Å²) in [5, 5.41) is 8.73. The lowest BCUT2D eigenvalue weighted by molar-refractivity contribution is 0.268. The maximum Gasteiger partial charge on any atom is 0.120 e. The maximum absolute atomic E-state index is 8.73. The molecule has 0 aliphatic carbocycles. The highest BCUT2D eigenvalue weighted by atomic mass is 16.5. The van der Waals surface area contributed by atoms with Crippen LogP contribution in [-0.4, -0.2) is 31.6 Å². The predicted octanol–water partition coefficient (Wildman–Crippen LogP) is 2.28. The maximum atomic E-state index is 8.73. The quantitative estimate of drug-likeness (QED) is 0.687. The van der Waals surface area contributed by atoms with Crippen LogP contribution >= 0.6 is 0 Å². The zero-order valence-electron chi connectivity index (χ0n) is 9.94. The van der Waals surface area contributed by atoms with Crippen LogP contribution in [0.1, 0.15) is 18.9 Å². The summed E-state index contributed by atoms with van der Waals surface area (Å²) in [6, 6.07) is 9.36. The van der Waals surface area contributed by atoms with Gasteiger partial charge < -0.3 is 9.64 Å². The van der Waals surface area contributed by atoms with Crippen molar-refractivity contribution in [1.82, 2.24) is 4.90 Å². The number of hydrogen-bond donors (Lipinski definition) is 0. The van der Waals surface area contributed by atoms with E-state index in [-0.39, 0.29) is 0 Å². The minimum atomic E-state index is 0.642. The zero-order valence-corrected chi connectivity index (χ0v) is 9.94. The molecular formula is C13H18N2O. The number of hydrogen-bond acceptors (Lipinski definition) is 3. The highest BCUT2D eigenvalue weighted by molar-refractivity contribution is 5.36. The van der Waals surface area contributed by atoms with Gasteiger partial charge in [-0.2, -0.15) is 5.26 Å². The van der Waals surface area contributed by atoms with Crippen molar-refractivity contribution in [3.05, 3.63) is 29.8 Å². The van der Waals surface area contributed by atoms with Gasteiger partial charge in [0, 0.05) is 6.54 Å². The van der Waals surface area contributed by atoms with Gasteiger partial charge in [0.15, 0.2) is 0 Å². The van der Waals surface area contributed by atoms with E-state index in [1.807, 2.05) is 12.1 Å². The Morgan fingerprint density at radius 2 is 2.25 bits per heavy atom. The van der Waals surface area contributed by atoms with E-state index in [1.54, 1.807) is 12.1 Å². The first-order valence-corrected chi connectivity index (χ1v) is 5.57. The van der Waals surface area contributed by atoms with Crippen molar-refractivity contribution in [3.8, 4) is 11.8 Å². The second-order valence-electron chi connectivity index (χ2n) is 3.74. The molecule has 1 aromatic rings. The summed E-state index contributed by atoms with van der Waals surface area (Å²) in [7, 11) is 2.09. The van der Waals surface area contributed by atoms with Crippen LogP contribution < -0.4 is 4.74 Å². The Kier molecular flexibility index (Phi) is 5.38. The summed E-state index contributed by atoms with van der Waals surface area (Å²) < 4.78 is 5.57. The summed E-state index contributed by atoms with van der Waals surface area (Å²) in [6.45, 7) is 4.93. The second-order valence-corrected chi connectivity index (χ2v) is 3.74. The first-order valence-electron chi connectivity index (χ1n) is 5.57. The van der Waals surface area contributed by atoms with E-state index in [2.05, 4.69) is 24.9 Å². The van der Waals surface area contributed by atoms with Crippen molar-refractivity contribution in [2.24, 2.45) is 0 Å². The molecule has 0 aliphatic rings. The number of rotatable bonds is 6. The third kappa shape index (κ3) is 4.33.